The SMILES string of the molecule is CC(Cc1ccc2ccccc2c1)(c1ccc(S)cc1)c1ccc(S)cc1. The first-order valence-electron chi connectivity index (χ1n) is 9.11. The Morgan fingerprint density at radius 2 is 1.15 bits per heavy atom. The monoisotopic (exact) mass is 386 g/mol. The molecule has 0 fully saturated rings. The summed E-state index contributed by atoms with van der Waals surface area (Å²) in [6.45, 7) is 2.32. The van der Waals surface area contributed by atoms with E-state index in [1.54, 1.807) is 0 Å². The number of thiol groups is 2. The van der Waals surface area contributed by atoms with Crippen LogP contribution in [0, 0.1) is 0 Å². The maximum atomic E-state index is 4.46. The van der Waals surface area contributed by atoms with Crippen LogP contribution in [0.15, 0.2) is 101 Å². The summed E-state index contributed by atoms with van der Waals surface area (Å²) in [5.41, 5.74) is 3.78. The second-order valence-electron chi connectivity index (χ2n) is 7.28. The molecule has 0 nitrogen and oxygen atoms in total. The molecule has 4 aromatic carbocycles. The van der Waals surface area contributed by atoms with Crippen LogP contribution >= 0.6 is 25.3 Å². The third-order valence-electron chi connectivity index (χ3n) is 5.38. The number of rotatable bonds is 4. The van der Waals surface area contributed by atoms with Crippen molar-refractivity contribution in [1.82, 2.24) is 0 Å². The second kappa shape index (κ2) is 7.46. The molecule has 4 aromatic rings. The van der Waals surface area contributed by atoms with Gasteiger partial charge in [0, 0.05) is 15.2 Å². The van der Waals surface area contributed by atoms with Crippen molar-refractivity contribution >= 4 is 36.0 Å². The van der Waals surface area contributed by atoms with Crippen LogP contribution in [-0.2, 0) is 11.8 Å². The minimum atomic E-state index is -0.134. The quantitative estimate of drug-likeness (QED) is 0.348. The molecular weight excluding hydrogens is 364 g/mol. The molecule has 0 heterocycles. The largest absolute Gasteiger partial charge is 0.143 e. The Bertz CT molecular complexity index is 1020. The van der Waals surface area contributed by atoms with E-state index in [9.17, 15) is 0 Å². The number of hydrogen-bond acceptors (Lipinski definition) is 2. The zero-order chi connectivity index (χ0) is 18.9. The van der Waals surface area contributed by atoms with E-state index in [1.807, 2.05) is 0 Å². The fraction of sp³-hybridized carbons (Fsp3) is 0.120. The lowest BCUT2D eigenvalue weighted by molar-refractivity contribution is 0.567. The summed E-state index contributed by atoms with van der Waals surface area (Å²) in [6, 6.07) is 32.4. The highest BCUT2D eigenvalue weighted by atomic mass is 32.1. The maximum Gasteiger partial charge on any atom is 0.0215 e. The number of hydrogen-bond donors (Lipinski definition) is 2. The lowest BCUT2D eigenvalue weighted by atomic mass is 9.72. The van der Waals surface area contributed by atoms with Gasteiger partial charge < -0.3 is 0 Å². The van der Waals surface area contributed by atoms with Crippen molar-refractivity contribution in [3.8, 4) is 0 Å². The Balaban J connectivity index is 1.81. The lowest BCUT2D eigenvalue weighted by Gasteiger charge is -2.32. The van der Waals surface area contributed by atoms with Crippen LogP contribution < -0.4 is 0 Å². The van der Waals surface area contributed by atoms with Crippen LogP contribution in [0.5, 0.6) is 0 Å². The number of fused-ring (bicyclic) bond motifs is 1. The zero-order valence-corrected chi connectivity index (χ0v) is 17.1. The molecule has 0 aliphatic rings. The van der Waals surface area contributed by atoms with E-state index < -0.39 is 0 Å². The van der Waals surface area contributed by atoms with Gasteiger partial charge in [-0.3, -0.25) is 0 Å². The molecule has 2 heteroatoms. The Labute approximate surface area is 172 Å². The van der Waals surface area contributed by atoms with Crippen LogP contribution in [0.2, 0.25) is 0 Å². The summed E-state index contributed by atoms with van der Waals surface area (Å²) in [5.74, 6) is 0. The highest BCUT2D eigenvalue weighted by Crippen LogP contribution is 2.37. The Kier molecular flexibility index (Phi) is 5.03. The predicted molar refractivity (Wildman–Crippen MR) is 121 cm³/mol. The van der Waals surface area contributed by atoms with E-state index in [0.29, 0.717) is 0 Å². The van der Waals surface area contributed by atoms with Gasteiger partial charge in [-0.15, -0.1) is 25.3 Å². The predicted octanol–water partition coefficient (Wildman–Crippen LogP) is 6.97. The average Bonchev–Trinajstić information content (AvgIpc) is 2.69. The Hall–Kier alpha value is -2.16. The molecule has 0 aliphatic carbocycles. The highest BCUT2D eigenvalue weighted by molar-refractivity contribution is 7.80. The number of benzene rings is 4. The van der Waals surface area contributed by atoms with Crippen LogP contribution in [0.4, 0.5) is 0 Å². The summed E-state index contributed by atoms with van der Waals surface area (Å²) in [7, 11) is 0. The van der Waals surface area contributed by atoms with Gasteiger partial charge in [0.25, 0.3) is 0 Å². The first-order chi connectivity index (χ1) is 13.0. The topological polar surface area (TPSA) is 0 Å². The fourth-order valence-corrected chi connectivity index (χ4v) is 4.08. The van der Waals surface area contributed by atoms with Crippen molar-refractivity contribution in [3.63, 3.8) is 0 Å². The van der Waals surface area contributed by atoms with Crippen molar-refractivity contribution in [2.45, 2.75) is 28.6 Å². The van der Waals surface area contributed by atoms with Gasteiger partial charge in [-0.25, -0.2) is 0 Å². The summed E-state index contributed by atoms with van der Waals surface area (Å²) in [4.78, 5) is 1.97. The minimum Gasteiger partial charge on any atom is -0.143 e. The van der Waals surface area contributed by atoms with Crippen molar-refractivity contribution in [2.24, 2.45) is 0 Å². The molecule has 134 valence electrons. The summed E-state index contributed by atoms with van der Waals surface area (Å²) >= 11 is 8.92. The van der Waals surface area contributed by atoms with Gasteiger partial charge in [-0.2, -0.15) is 0 Å². The first-order valence-corrected chi connectivity index (χ1v) is 10.0. The van der Waals surface area contributed by atoms with Crippen LogP contribution in [0.25, 0.3) is 10.8 Å². The van der Waals surface area contributed by atoms with E-state index >= 15 is 0 Å². The van der Waals surface area contributed by atoms with E-state index in [0.717, 1.165) is 16.2 Å². The Morgan fingerprint density at radius 1 is 0.630 bits per heavy atom. The Morgan fingerprint density at radius 3 is 1.70 bits per heavy atom. The first kappa shape index (κ1) is 18.2. The molecule has 4 rings (SSSR count). The molecule has 27 heavy (non-hydrogen) atoms. The molecule has 0 N–H and O–H groups in total. The zero-order valence-electron chi connectivity index (χ0n) is 15.3. The van der Waals surface area contributed by atoms with Crippen molar-refractivity contribution in [1.29, 1.82) is 0 Å². The maximum absolute atomic E-state index is 4.46. The van der Waals surface area contributed by atoms with Gasteiger partial charge in [-0.1, -0.05) is 73.7 Å². The molecule has 0 aliphatic heterocycles. The van der Waals surface area contributed by atoms with Gasteiger partial charge >= 0.3 is 0 Å². The average molecular weight is 387 g/mol. The normalized spacial score (nSPS) is 11.7. The molecule has 0 unspecified atom stereocenters. The van der Waals surface area contributed by atoms with Crippen molar-refractivity contribution in [3.05, 3.63) is 108 Å². The molecule has 0 amide bonds. The van der Waals surface area contributed by atoms with Gasteiger partial charge in [0.2, 0.25) is 0 Å². The second-order valence-corrected chi connectivity index (χ2v) is 8.32. The summed E-state index contributed by atoms with van der Waals surface area (Å²) < 4.78 is 0. The molecule has 0 saturated heterocycles. The van der Waals surface area contributed by atoms with Crippen LogP contribution in [0.3, 0.4) is 0 Å². The standard InChI is InChI=1S/C25H22S2/c1-25(21-8-12-23(26)13-9-21,22-10-14-24(27)15-11-22)17-18-6-7-19-4-2-3-5-20(19)16-18/h2-16,26-27H,17H2,1H3. The molecule has 0 bridgehead atoms. The van der Waals surface area contributed by atoms with Gasteiger partial charge in [-0.05, 0) is 58.1 Å². The van der Waals surface area contributed by atoms with Crippen LogP contribution in [-0.4, -0.2) is 0 Å². The molecule has 0 aromatic heterocycles. The van der Waals surface area contributed by atoms with Gasteiger partial charge in [0.15, 0.2) is 0 Å². The van der Waals surface area contributed by atoms with E-state index in [-0.39, 0.29) is 5.41 Å². The molecule has 0 radical (unpaired) electrons. The van der Waals surface area contributed by atoms with Gasteiger partial charge in [0.1, 0.15) is 0 Å². The molecule has 0 saturated carbocycles. The summed E-state index contributed by atoms with van der Waals surface area (Å²) in [5, 5.41) is 2.57. The lowest BCUT2D eigenvalue weighted by Crippen LogP contribution is -2.26. The van der Waals surface area contributed by atoms with Crippen molar-refractivity contribution < 1.29 is 0 Å². The van der Waals surface area contributed by atoms with Crippen molar-refractivity contribution in [2.75, 3.05) is 0 Å². The fourth-order valence-electron chi connectivity index (χ4n) is 3.79. The molecule has 0 atom stereocenters. The third-order valence-corrected chi connectivity index (χ3v) is 5.98. The smallest absolute Gasteiger partial charge is 0.0215 e. The van der Waals surface area contributed by atoms with Crippen LogP contribution in [0.1, 0.15) is 23.6 Å². The minimum absolute atomic E-state index is 0.134. The summed E-state index contributed by atoms with van der Waals surface area (Å²) in [6.07, 6.45) is 0.926. The molecule has 0 spiro atoms. The molecular formula is C25H22S2. The van der Waals surface area contributed by atoms with E-state index in [2.05, 4.69) is 123 Å². The van der Waals surface area contributed by atoms with E-state index in [1.165, 1.54) is 27.5 Å². The van der Waals surface area contributed by atoms with Gasteiger partial charge in [0.05, 0.1) is 0 Å². The third kappa shape index (κ3) is 3.78. The highest BCUT2D eigenvalue weighted by Gasteiger charge is 2.29. The van der Waals surface area contributed by atoms with E-state index in [4.69, 9.17) is 0 Å².